The third-order valence-electron chi connectivity index (χ3n) is 4.42. The van der Waals surface area contributed by atoms with Crippen molar-refractivity contribution in [3.8, 4) is 0 Å². The zero-order valence-electron chi connectivity index (χ0n) is 13.2. The average molecular weight is 320 g/mol. The monoisotopic (exact) mass is 320 g/mol. The lowest BCUT2D eigenvalue weighted by atomic mass is 10.0. The van der Waals surface area contributed by atoms with Crippen LogP contribution >= 0.6 is 11.3 Å². The minimum Gasteiger partial charge on any atom is -0.448 e. The van der Waals surface area contributed by atoms with Crippen molar-refractivity contribution >= 4 is 11.3 Å². The molecule has 2 aromatic heterocycles. The summed E-state index contributed by atoms with van der Waals surface area (Å²) in [7, 11) is 0. The molecule has 1 aliphatic heterocycles. The maximum Gasteiger partial charge on any atom is 0.181 e. The summed E-state index contributed by atoms with van der Waals surface area (Å²) in [5, 5.41) is 12.4. The van der Waals surface area contributed by atoms with Crippen molar-refractivity contribution in [1.82, 2.24) is 9.88 Å². The number of aromatic nitrogens is 1. The van der Waals surface area contributed by atoms with Gasteiger partial charge in [-0.25, -0.2) is 4.98 Å². The van der Waals surface area contributed by atoms with Gasteiger partial charge in [0.15, 0.2) is 6.39 Å². The number of nitrogens with zero attached hydrogens (tertiary/aromatic N) is 2. The molecule has 0 saturated carbocycles. The first-order valence-corrected chi connectivity index (χ1v) is 8.91. The van der Waals surface area contributed by atoms with Crippen LogP contribution < -0.4 is 0 Å². The third-order valence-corrected chi connectivity index (χ3v) is 5.39. The van der Waals surface area contributed by atoms with E-state index in [1.807, 2.05) is 17.5 Å². The maximum absolute atomic E-state index is 10.4. The standard InChI is InChI=1S/C17H24N2O2S/c1-12(2)17-14(18-11-21-17)10-19-7-3-5-13(19)9-15(20)16-6-4-8-22-16/h4,6,8,11-13,15,20H,3,5,7,9-10H2,1-2H3. The summed E-state index contributed by atoms with van der Waals surface area (Å²) in [4.78, 5) is 7.91. The molecule has 3 heterocycles. The molecule has 2 atom stereocenters. The first kappa shape index (κ1) is 15.7. The summed E-state index contributed by atoms with van der Waals surface area (Å²) in [6, 6.07) is 4.44. The second kappa shape index (κ2) is 6.94. The number of aliphatic hydroxyl groups is 1. The van der Waals surface area contributed by atoms with Crippen molar-refractivity contribution in [3.63, 3.8) is 0 Å². The number of aliphatic hydroxyl groups excluding tert-OH is 1. The van der Waals surface area contributed by atoms with E-state index in [1.165, 1.54) is 6.42 Å². The molecule has 0 spiro atoms. The van der Waals surface area contributed by atoms with E-state index >= 15 is 0 Å². The van der Waals surface area contributed by atoms with Crippen molar-refractivity contribution in [3.05, 3.63) is 40.2 Å². The summed E-state index contributed by atoms with van der Waals surface area (Å²) in [6.45, 7) is 6.16. The lowest BCUT2D eigenvalue weighted by Gasteiger charge is -2.25. The van der Waals surface area contributed by atoms with Gasteiger partial charge in [-0.1, -0.05) is 19.9 Å². The highest BCUT2D eigenvalue weighted by Gasteiger charge is 2.29. The van der Waals surface area contributed by atoms with Crippen molar-refractivity contribution < 1.29 is 9.52 Å². The van der Waals surface area contributed by atoms with Crippen molar-refractivity contribution in [2.75, 3.05) is 6.54 Å². The van der Waals surface area contributed by atoms with Crippen LogP contribution in [0.15, 0.2) is 28.3 Å². The largest absolute Gasteiger partial charge is 0.448 e. The van der Waals surface area contributed by atoms with Crippen molar-refractivity contribution in [1.29, 1.82) is 0 Å². The summed E-state index contributed by atoms with van der Waals surface area (Å²) in [5.74, 6) is 1.35. The quantitative estimate of drug-likeness (QED) is 0.875. The molecule has 1 saturated heterocycles. The Morgan fingerprint density at radius 2 is 2.36 bits per heavy atom. The predicted octanol–water partition coefficient (Wildman–Crippen LogP) is 3.95. The van der Waals surface area contributed by atoms with Gasteiger partial charge >= 0.3 is 0 Å². The Balaban J connectivity index is 1.64. The third kappa shape index (κ3) is 3.42. The van der Waals surface area contributed by atoms with Crippen LogP contribution in [0.2, 0.25) is 0 Å². The predicted molar refractivity (Wildman–Crippen MR) is 87.9 cm³/mol. The molecule has 2 aromatic rings. The fraction of sp³-hybridized carbons (Fsp3) is 0.588. The van der Waals surface area contributed by atoms with Crippen LogP contribution in [0.25, 0.3) is 0 Å². The molecule has 22 heavy (non-hydrogen) atoms. The Labute approximate surface area is 135 Å². The lowest BCUT2D eigenvalue weighted by Crippen LogP contribution is -2.30. The Hall–Kier alpha value is -1.17. The second-order valence-corrected chi connectivity index (χ2v) is 7.33. The molecule has 0 aliphatic carbocycles. The molecule has 5 heteroatoms. The van der Waals surface area contributed by atoms with Gasteiger partial charge in [0, 0.05) is 23.4 Å². The second-order valence-electron chi connectivity index (χ2n) is 6.35. The normalized spacial score (nSPS) is 20.8. The van der Waals surface area contributed by atoms with Crippen LogP contribution in [-0.4, -0.2) is 27.6 Å². The number of rotatable bonds is 6. The summed E-state index contributed by atoms with van der Waals surface area (Å²) >= 11 is 1.63. The van der Waals surface area contributed by atoms with Gasteiger partial charge in [-0.05, 0) is 37.3 Å². The van der Waals surface area contributed by atoms with Crippen LogP contribution in [0, 0.1) is 0 Å². The van der Waals surface area contributed by atoms with Gasteiger partial charge in [-0.15, -0.1) is 11.3 Å². The molecule has 120 valence electrons. The molecule has 1 fully saturated rings. The molecule has 4 nitrogen and oxygen atoms in total. The molecule has 2 unspecified atom stereocenters. The number of likely N-dealkylation sites (tertiary alicyclic amines) is 1. The van der Waals surface area contributed by atoms with Crippen LogP contribution in [0.4, 0.5) is 0 Å². The van der Waals surface area contributed by atoms with E-state index in [0.717, 1.165) is 42.3 Å². The SMILES string of the molecule is CC(C)c1ocnc1CN1CCCC1CC(O)c1cccs1. The van der Waals surface area contributed by atoms with E-state index in [0.29, 0.717) is 12.0 Å². The molecule has 1 N–H and O–H groups in total. The molecule has 0 radical (unpaired) electrons. The number of hydrogen-bond acceptors (Lipinski definition) is 5. The summed E-state index contributed by atoms with van der Waals surface area (Å²) in [5.41, 5.74) is 1.05. The average Bonchev–Trinajstić information content (AvgIpc) is 3.20. The van der Waals surface area contributed by atoms with Gasteiger partial charge in [0.2, 0.25) is 0 Å². The Kier molecular flexibility index (Phi) is 4.96. The summed E-state index contributed by atoms with van der Waals surface area (Å²) in [6.07, 6.45) is 4.34. The van der Waals surface area contributed by atoms with Crippen LogP contribution in [0.5, 0.6) is 0 Å². The molecular formula is C17H24N2O2S. The zero-order chi connectivity index (χ0) is 15.5. The zero-order valence-corrected chi connectivity index (χ0v) is 14.1. The highest BCUT2D eigenvalue weighted by molar-refractivity contribution is 7.10. The van der Waals surface area contributed by atoms with E-state index < -0.39 is 0 Å². The topological polar surface area (TPSA) is 49.5 Å². The van der Waals surface area contributed by atoms with Gasteiger partial charge < -0.3 is 9.52 Å². The molecule has 1 aliphatic rings. The van der Waals surface area contributed by atoms with E-state index in [-0.39, 0.29) is 6.10 Å². The van der Waals surface area contributed by atoms with Gasteiger partial charge in [0.05, 0.1) is 11.8 Å². The Bertz CT molecular complexity index is 579. The maximum atomic E-state index is 10.4. The lowest BCUT2D eigenvalue weighted by molar-refractivity contribution is 0.120. The fourth-order valence-electron chi connectivity index (χ4n) is 3.28. The highest BCUT2D eigenvalue weighted by Crippen LogP contribution is 2.31. The Morgan fingerprint density at radius 1 is 1.50 bits per heavy atom. The molecule has 3 rings (SSSR count). The molecular weight excluding hydrogens is 296 g/mol. The Morgan fingerprint density at radius 3 is 3.09 bits per heavy atom. The first-order valence-electron chi connectivity index (χ1n) is 8.03. The molecule has 0 bridgehead atoms. The summed E-state index contributed by atoms with van der Waals surface area (Å²) < 4.78 is 5.53. The van der Waals surface area contributed by atoms with E-state index in [9.17, 15) is 5.11 Å². The van der Waals surface area contributed by atoms with Crippen molar-refractivity contribution in [2.24, 2.45) is 0 Å². The molecule has 0 aromatic carbocycles. The minimum atomic E-state index is -0.354. The minimum absolute atomic E-state index is 0.354. The van der Waals surface area contributed by atoms with Crippen molar-refractivity contribution in [2.45, 2.75) is 57.7 Å². The fourth-order valence-corrected chi connectivity index (χ4v) is 4.01. The van der Waals surface area contributed by atoms with Crippen LogP contribution in [-0.2, 0) is 6.54 Å². The number of thiophene rings is 1. The smallest absolute Gasteiger partial charge is 0.181 e. The van der Waals surface area contributed by atoms with Gasteiger partial charge in [0.25, 0.3) is 0 Å². The van der Waals surface area contributed by atoms with E-state index in [1.54, 1.807) is 17.7 Å². The van der Waals surface area contributed by atoms with E-state index in [4.69, 9.17) is 4.42 Å². The van der Waals surface area contributed by atoms with Crippen LogP contribution in [0.3, 0.4) is 0 Å². The van der Waals surface area contributed by atoms with Gasteiger partial charge in [-0.2, -0.15) is 0 Å². The molecule has 0 amide bonds. The first-order chi connectivity index (χ1) is 10.6. The van der Waals surface area contributed by atoms with Gasteiger partial charge in [-0.3, -0.25) is 4.90 Å². The number of hydrogen-bond donors (Lipinski definition) is 1. The van der Waals surface area contributed by atoms with Gasteiger partial charge in [0.1, 0.15) is 5.76 Å². The number of oxazole rings is 1. The highest BCUT2D eigenvalue weighted by atomic mass is 32.1. The van der Waals surface area contributed by atoms with Crippen LogP contribution in [0.1, 0.15) is 61.5 Å². The van der Waals surface area contributed by atoms with E-state index in [2.05, 4.69) is 23.7 Å².